The van der Waals surface area contributed by atoms with Crippen LogP contribution >= 0.6 is 0 Å². The third-order valence-corrected chi connectivity index (χ3v) is 6.39. The zero-order chi connectivity index (χ0) is 22.0. The van der Waals surface area contributed by atoms with E-state index in [1.807, 2.05) is 42.5 Å². The summed E-state index contributed by atoms with van der Waals surface area (Å²) in [6.45, 7) is 5.42. The van der Waals surface area contributed by atoms with Crippen molar-refractivity contribution in [2.75, 3.05) is 28.2 Å². The van der Waals surface area contributed by atoms with Gasteiger partial charge in [-0.2, -0.15) is 0 Å². The monoisotopic (exact) mass is 419 g/mol. The maximum Gasteiger partial charge on any atom is 0.229 e. The first-order chi connectivity index (χ1) is 15.0. The molecule has 2 aliphatic heterocycles. The molecule has 0 unspecified atom stereocenters. The molecule has 2 saturated heterocycles. The van der Waals surface area contributed by atoms with Crippen LogP contribution in [0.5, 0.6) is 0 Å². The van der Waals surface area contributed by atoms with Crippen LogP contribution in [0.3, 0.4) is 0 Å². The number of carbonyl (C=O) groups excluding carboxylic acids is 3. The van der Waals surface area contributed by atoms with Gasteiger partial charge in [0.05, 0.1) is 5.92 Å². The first kappa shape index (κ1) is 21.1. The predicted octanol–water partition coefficient (Wildman–Crippen LogP) is 4.32. The number of rotatable bonds is 6. The number of carbonyl (C=O) groups is 3. The maximum absolute atomic E-state index is 12.9. The van der Waals surface area contributed by atoms with Crippen molar-refractivity contribution in [1.29, 1.82) is 0 Å². The van der Waals surface area contributed by atoms with Gasteiger partial charge < -0.3 is 15.1 Å². The molecular weight excluding hydrogens is 390 g/mol. The van der Waals surface area contributed by atoms with Crippen LogP contribution in [0.1, 0.15) is 51.0 Å². The summed E-state index contributed by atoms with van der Waals surface area (Å²) in [7, 11) is 0. The van der Waals surface area contributed by atoms with E-state index in [0.717, 1.165) is 36.3 Å². The van der Waals surface area contributed by atoms with E-state index in [1.54, 1.807) is 9.80 Å². The van der Waals surface area contributed by atoms with Crippen LogP contribution in [0.4, 0.5) is 17.1 Å². The van der Waals surface area contributed by atoms with Gasteiger partial charge in [0.25, 0.3) is 0 Å². The second-order valence-corrected chi connectivity index (χ2v) is 8.46. The predicted molar refractivity (Wildman–Crippen MR) is 122 cm³/mol. The average Bonchev–Trinajstić information content (AvgIpc) is 3.39. The average molecular weight is 420 g/mol. The van der Waals surface area contributed by atoms with Gasteiger partial charge in [0.2, 0.25) is 17.7 Å². The smallest absolute Gasteiger partial charge is 0.229 e. The first-order valence-corrected chi connectivity index (χ1v) is 11.1. The summed E-state index contributed by atoms with van der Waals surface area (Å²) in [6, 6.07) is 15.3. The fourth-order valence-electron chi connectivity index (χ4n) is 4.38. The Bertz CT molecular complexity index is 986. The van der Waals surface area contributed by atoms with Crippen LogP contribution in [0.2, 0.25) is 0 Å². The molecule has 2 heterocycles. The normalized spacial score (nSPS) is 19.7. The molecule has 162 valence electrons. The number of para-hydroxylation sites is 1. The zero-order valence-corrected chi connectivity index (χ0v) is 18.1. The molecule has 6 heteroatoms. The van der Waals surface area contributed by atoms with Crippen molar-refractivity contribution in [3.63, 3.8) is 0 Å². The van der Waals surface area contributed by atoms with Gasteiger partial charge in [-0.3, -0.25) is 14.4 Å². The lowest BCUT2D eigenvalue weighted by molar-refractivity contribution is -0.122. The maximum atomic E-state index is 12.9. The molecule has 31 heavy (non-hydrogen) atoms. The van der Waals surface area contributed by atoms with Crippen molar-refractivity contribution < 1.29 is 14.4 Å². The Morgan fingerprint density at radius 1 is 1.06 bits per heavy atom. The molecule has 0 radical (unpaired) electrons. The summed E-state index contributed by atoms with van der Waals surface area (Å²) >= 11 is 0. The highest BCUT2D eigenvalue weighted by molar-refractivity contribution is 6.04. The number of anilines is 3. The van der Waals surface area contributed by atoms with Crippen molar-refractivity contribution >= 4 is 34.8 Å². The summed E-state index contributed by atoms with van der Waals surface area (Å²) in [5.41, 5.74) is 3.58. The summed E-state index contributed by atoms with van der Waals surface area (Å²) in [5, 5.41) is 2.93. The molecule has 3 amide bonds. The van der Waals surface area contributed by atoms with Crippen molar-refractivity contribution in [2.45, 2.75) is 45.4 Å². The Hall–Kier alpha value is -3.15. The largest absolute Gasteiger partial charge is 0.326 e. The van der Waals surface area contributed by atoms with Gasteiger partial charge in [-0.25, -0.2) is 0 Å². The van der Waals surface area contributed by atoms with E-state index in [2.05, 4.69) is 25.2 Å². The summed E-state index contributed by atoms with van der Waals surface area (Å²) in [6.07, 6.45) is 2.66. The van der Waals surface area contributed by atoms with Gasteiger partial charge in [-0.15, -0.1) is 0 Å². The zero-order valence-electron chi connectivity index (χ0n) is 18.1. The second-order valence-electron chi connectivity index (χ2n) is 8.46. The number of amides is 3. The Labute approximate surface area is 183 Å². The summed E-state index contributed by atoms with van der Waals surface area (Å²) in [5.74, 6) is -0.0742. The molecular formula is C25H29N3O3. The Balaban J connectivity index is 1.43. The van der Waals surface area contributed by atoms with Gasteiger partial charge in [0, 0.05) is 43.0 Å². The minimum Gasteiger partial charge on any atom is -0.326 e. The quantitative estimate of drug-likeness (QED) is 0.758. The van der Waals surface area contributed by atoms with Crippen LogP contribution in [0.15, 0.2) is 48.5 Å². The van der Waals surface area contributed by atoms with E-state index in [9.17, 15) is 14.4 Å². The summed E-state index contributed by atoms with van der Waals surface area (Å²) < 4.78 is 0. The molecule has 0 saturated carbocycles. The van der Waals surface area contributed by atoms with E-state index in [0.29, 0.717) is 24.6 Å². The van der Waals surface area contributed by atoms with E-state index >= 15 is 0 Å². The van der Waals surface area contributed by atoms with Gasteiger partial charge >= 0.3 is 0 Å². The van der Waals surface area contributed by atoms with Gasteiger partial charge in [0.1, 0.15) is 0 Å². The van der Waals surface area contributed by atoms with Gasteiger partial charge in [-0.1, -0.05) is 32.0 Å². The first-order valence-electron chi connectivity index (χ1n) is 11.1. The fraction of sp³-hybridized carbons (Fsp3) is 0.400. The van der Waals surface area contributed by atoms with Crippen LogP contribution < -0.4 is 15.1 Å². The van der Waals surface area contributed by atoms with Crippen LogP contribution in [-0.4, -0.2) is 30.8 Å². The number of hydrogen-bond donors (Lipinski definition) is 1. The third kappa shape index (κ3) is 4.33. The lowest BCUT2D eigenvalue weighted by Crippen LogP contribution is -2.29. The number of benzene rings is 2. The molecule has 0 bridgehead atoms. The molecule has 0 aromatic heterocycles. The lowest BCUT2D eigenvalue weighted by Gasteiger charge is -2.23. The van der Waals surface area contributed by atoms with Crippen LogP contribution in [-0.2, 0) is 14.4 Å². The standard InChI is InChI=1S/C25H29N3O3/c1-3-17(2)21-7-4-5-8-22(21)28-16-18(15-24(28)30)25(31)26-19-10-12-20(13-11-19)27-14-6-9-23(27)29/h4-5,7-8,10-13,17-18H,3,6,9,14-16H2,1-2H3,(H,26,31)/t17-,18+/m0/s1. The Morgan fingerprint density at radius 2 is 1.81 bits per heavy atom. The number of hydrogen-bond acceptors (Lipinski definition) is 3. The second kappa shape index (κ2) is 8.92. The SMILES string of the molecule is CC[C@H](C)c1ccccc1N1C[C@H](C(=O)Nc2ccc(N3CCCC3=O)cc2)CC1=O. The Kier molecular flexibility index (Phi) is 6.07. The molecule has 2 aromatic carbocycles. The summed E-state index contributed by atoms with van der Waals surface area (Å²) in [4.78, 5) is 41.0. The lowest BCUT2D eigenvalue weighted by atomic mass is 9.96. The van der Waals surface area contributed by atoms with Crippen LogP contribution in [0.25, 0.3) is 0 Å². The molecule has 4 rings (SSSR count). The topological polar surface area (TPSA) is 69.7 Å². The molecule has 2 aliphatic rings. The van der Waals surface area contributed by atoms with Crippen molar-refractivity contribution in [1.82, 2.24) is 0 Å². The van der Waals surface area contributed by atoms with E-state index in [1.165, 1.54) is 0 Å². The van der Waals surface area contributed by atoms with Crippen molar-refractivity contribution in [3.05, 3.63) is 54.1 Å². The minimum atomic E-state index is -0.391. The Morgan fingerprint density at radius 3 is 2.48 bits per heavy atom. The van der Waals surface area contributed by atoms with E-state index < -0.39 is 5.92 Å². The number of nitrogens with one attached hydrogen (secondary N) is 1. The van der Waals surface area contributed by atoms with Crippen molar-refractivity contribution in [2.24, 2.45) is 5.92 Å². The highest BCUT2D eigenvalue weighted by Crippen LogP contribution is 2.34. The molecule has 0 aliphatic carbocycles. The molecule has 1 N–H and O–H groups in total. The molecule has 2 aromatic rings. The molecule has 2 atom stereocenters. The molecule has 0 spiro atoms. The molecule has 6 nitrogen and oxygen atoms in total. The molecule has 2 fully saturated rings. The van der Waals surface area contributed by atoms with Gasteiger partial charge in [0.15, 0.2) is 0 Å². The highest BCUT2D eigenvalue weighted by atomic mass is 16.2. The minimum absolute atomic E-state index is 0.0150. The fourth-order valence-corrected chi connectivity index (χ4v) is 4.38. The van der Waals surface area contributed by atoms with E-state index in [4.69, 9.17) is 0 Å². The van der Waals surface area contributed by atoms with Crippen LogP contribution in [0, 0.1) is 5.92 Å². The highest BCUT2D eigenvalue weighted by Gasteiger charge is 2.36. The third-order valence-electron chi connectivity index (χ3n) is 6.39. The van der Waals surface area contributed by atoms with Crippen molar-refractivity contribution in [3.8, 4) is 0 Å². The number of nitrogens with zero attached hydrogens (tertiary/aromatic N) is 2. The van der Waals surface area contributed by atoms with E-state index in [-0.39, 0.29) is 24.1 Å². The van der Waals surface area contributed by atoms with Gasteiger partial charge in [-0.05, 0) is 54.7 Å².